The Morgan fingerprint density at radius 3 is 2.40 bits per heavy atom. The molecule has 0 spiro atoms. The SMILES string of the molecule is O=C(CCN1C(=O)CCC1=O)Nc1ccc(F)c(F)c1. The minimum absolute atomic E-state index is 0.00677. The molecule has 1 aliphatic rings. The zero-order chi connectivity index (χ0) is 14.7. The molecule has 0 bridgehead atoms. The summed E-state index contributed by atoms with van der Waals surface area (Å²) < 4.78 is 25.6. The summed E-state index contributed by atoms with van der Waals surface area (Å²) >= 11 is 0. The summed E-state index contributed by atoms with van der Waals surface area (Å²) in [6.07, 6.45) is 0.254. The predicted molar refractivity (Wildman–Crippen MR) is 65.6 cm³/mol. The largest absolute Gasteiger partial charge is 0.326 e. The number of nitrogens with zero attached hydrogens (tertiary/aromatic N) is 1. The number of amides is 3. The molecule has 5 nitrogen and oxygen atoms in total. The van der Waals surface area contributed by atoms with Crippen LogP contribution in [0.15, 0.2) is 18.2 Å². The molecule has 2 rings (SSSR count). The van der Waals surface area contributed by atoms with Gasteiger partial charge >= 0.3 is 0 Å². The van der Waals surface area contributed by atoms with Gasteiger partial charge < -0.3 is 5.32 Å². The lowest BCUT2D eigenvalue weighted by atomic mass is 10.3. The van der Waals surface area contributed by atoms with E-state index in [9.17, 15) is 23.2 Å². The van der Waals surface area contributed by atoms with Crippen molar-refractivity contribution < 1.29 is 23.2 Å². The average molecular weight is 282 g/mol. The van der Waals surface area contributed by atoms with Crippen LogP contribution in [0.25, 0.3) is 0 Å². The molecular weight excluding hydrogens is 270 g/mol. The summed E-state index contributed by atoms with van der Waals surface area (Å²) in [5.74, 6) is -3.14. The van der Waals surface area contributed by atoms with E-state index < -0.39 is 17.5 Å². The number of imide groups is 1. The van der Waals surface area contributed by atoms with Gasteiger partial charge in [0.15, 0.2) is 11.6 Å². The number of likely N-dealkylation sites (tertiary alicyclic amines) is 1. The number of nitrogens with one attached hydrogen (secondary N) is 1. The number of carbonyl (C=O) groups excluding carboxylic acids is 3. The van der Waals surface area contributed by atoms with Gasteiger partial charge in [0.25, 0.3) is 0 Å². The zero-order valence-corrected chi connectivity index (χ0v) is 10.5. The van der Waals surface area contributed by atoms with Crippen LogP contribution in [-0.4, -0.2) is 29.2 Å². The molecule has 0 aliphatic carbocycles. The Kier molecular flexibility index (Phi) is 4.07. The predicted octanol–water partition coefficient (Wildman–Crippen LogP) is 1.44. The van der Waals surface area contributed by atoms with Gasteiger partial charge in [0.05, 0.1) is 0 Å². The maximum Gasteiger partial charge on any atom is 0.229 e. The third-order valence-corrected chi connectivity index (χ3v) is 2.92. The number of benzene rings is 1. The standard InChI is InChI=1S/C13H12F2N2O3/c14-9-2-1-8(7-10(9)15)16-11(18)5-6-17-12(19)3-4-13(17)20/h1-2,7H,3-6H2,(H,16,18). The minimum atomic E-state index is -1.06. The number of halogens is 2. The van der Waals surface area contributed by atoms with Gasteiger partial charge in [-0.05, 0) is 12.1 Å². The fourth-order valence-corrected chi connectivity index (χ4v) is 1.88. The Bertz CT molecular complexity index is 559. The molecule has 20 heavy (non-hydrogen) atoms. The molecule has 1 aromatic carbocycles. The van der Waals surface area contributed by atoms with Crippen LogP contribution in [0.4, 0.5) is 14.5 Å². The van der Waals surface area contributed by atoms with Crippen molar-refractivity contribution in [2.45, 2.75) is 19.3 Å². The summed E-state index contributed by atoms with van der Waals surface area (Å²) in [6, 6.07) is 2.99. The second kappa shape index (κ2) is 5.77. The molecular formula is C13H12F2N2O3. The van der Waals surface area contributed by atoms with Crippen LogP contribution < -0.4 is 5.32 Å². The maximum atomic E-state index is 12.9. The van der Waals surface area contributed by atoms with Crippen molar-refractivity contribution in [1.82, 2.24) is 4.90 Å². The molecule has 1 aliphatic heterocycles. The van der Waals surface area contributed by atoms with E-state index in [1.807, 2.05) is 0 Å². The van der Waals surface area contributed by atoms with Crippen LogP contribution in [0.3, 0.4) is 0 Å². The number of hydrogen-bond donors (Lipinski definition) is 1. The summed E-state index contributed by atoms with van der Waals surface area (Å²) in [5, 5.41) is 2.37. The Morgan fingerprint density at radius 2 is 1.80 bits per heavy atom. The fraction of sp³-hybridized carbons (Fsp3) is 0.308. The number of rotatable bonds is 4. The molecule has 7 heteroatoms. The van der Waals surface area contributed by atoms with E-state index >= 15 is 0 Å². The lowest BCUT2D eigenvalue weighted by Crippen LogP contribution is -2.32. The van der Waals surface area contributed by atoms with Crippen LogP contribution in [0.1, 0.15) is 19.3 Å². The molecule has 1 N–H and O–H groups in total. The maximum absolute atomic E-state index is 12.9. The van der Waals surface area contributed by atoms with Crippen molar-refractivity contribution in [1.29, 1.82) is 0 Å². The molecule has 1 aromatic rings. The first kappa shape index (κ1) is 14.1. The third-order valence-electron chi connectivity index (χ3n) is 2.92. The highest BCUT2D eigenvalue weighted by atomic mass is 19.2. The molecule has 0 saturated carbocycles. The van der Waals surface area contributed by atoms with Crippen molar-refractivity contribution in [2.24, 2.45) is 0 Å². The molecule has 0 unspecified atom stereocenters. The van der Waals surface area contributed by atoms with E-state index in [1.165, 1.54) is 6.07 Å². The highest BCUT2D eigenvalue weighted by Crippen LogP contribution is 2.14. The topological polar surface area (TPSA) is 66.5 Å². The number of anilines is 1. The van der Waals surface area contributed by atoms with Crippen LogP contribution in [0.2, 0.25) is 0 Å². The lowest BCUT2D eigenvalue weighted by molar-refractivity contribution is -0.138. The van der Waals surface area contributed by atoms with Crippen molar-refractivity contribution in [3.05, 3.63) is 29.8 Å². The first-order valence-corrected chi connectivity index (χ1v) is 6.05. The highest BCUT2D eigenvalue weighted by Gasteiger charge is 2.28. The van der Waals surface area contributed by atoms with Gasteiger partial charge in [0.1, 0.15) is 0 Å². The van der Waals surface area contributed by atoms with Crippen LogP contribution in [0.5, 0.6) is 0 Å². The monoisotopic (exact) mass is 282 g/mol. The van der Waals surface area contributed by atoms with E-state index in [-0.39, 0.29) is 43.3 Å². The van der Waals surface area contributed by atoms with E-state index in [0.717, 1.165) is 17.0 Å². The third kappa shape index (κ3) is 3.17. The minimum Gasteiger partial charge on any atom is -0.326 e. The second-order valence-electron chi connectivity index (χ2n) is 4.37. The Balaban J connectivity index is 1.88. The number of hydrogen-bond acceptors (Lipinski definition) is 3. The van der Waals surface area contributed by atoms with Gasteiger partial charge in [-0.15, -0.1) is 0 Å². The van der Waals surface area contributed by atoms with Crippen LogP contribution in [-0.2, 0) is 14.4 Å². The van der Waals surface area contributed by atoms with Gasteiger partial charge in [0.2, 0.25) is 17.7 Å². The van der Waals surface area contributed by atoms with Crippen LogP contribution in [0, 0.1) is 11.6 Å². The zero-order valence-electron chi connectivity index (χ0n) is 10.5. The average Bonchev–Trinajstić information content (AvgIpc) is 2.71. The van der Waals surface area contributed by atoms with Gasteiger partial charge in [-0.3, -0.25) is 19.3 Å². The summed E-state index contributed by atoms with van der Waals surface area (Å²) in [5.41, 5.74) is 0.118. The van der Waals surface area contributed by atoms with Crippen LogP contribution >= 0.6 is 0 Å². The first-order chi connectivity index (χ1) is 9.47. The second-order valence-corrected chi connectivity index (χ2v) is 4.37. The molecule has 0 atom stereocenters. The smallest absolute Gasteiger partial charge is 0.229 e. The lowest BCUT2D eigenvalue weighted by Gasteiger charge is -2.13. The molecule has 1 saturated heterocycles. The number of carbonyl (C=O) groups is 3. The fourth-order valence-electron chi connectivity index (χ4n) is 1.88. The quantitative estimate of drug-likeness (QED) is 0.850. The van der Waals surface area contributed by atoms with Gasteiger partial charge in [0, 0.05) is 37.6 Å². The van der Waals surface area contributed by atoms with Gasteiger partial charge in [-0.1, -0.05) is 0 Å². The van der Waals surface area contributed by atoms with E-state index in [4.69, 9.17) is 0 Å². The first-order valence-electron chi connectivity index (χ1n) is 6.05. The molecule has 1 fully saturated rings. The normalized spacial score (nSPS) is 14.8. The summed E-state index contributed by atoms with van der Waals surface area (Å²) in [4.78, 5) is 35.3. The Morgan fingerprint density at radius 1 is 1.15 bits per heavy atom. The molecule has 0 radical (unpaired) electrons. The molecule has 3 amide bonds. The van der Waals surface area contributed by atoms with Crippen molar-refractivity contribution in [2.75, 3.05) is 11.9 Å². The highest BCUT2D eigenvalue weighted by molar-refractivity contribution is 6.02. The van der Waals surface area contributed by atoms with E-state index in [2.05, 4.69) is 5.32 Å². The van der Waals surface area contributed by atoms with Gasteiger partial charge in [-0.2, -0.15) is 0 Å². The molecule has 0 aromatic heterocycles. The van der Waals surface area contributed by atoms with E-state index in [0.29, 0.717) is 0 Å². The molecule has 106 valence electrons. The summed E-state index contributed by atoms with van der Waals surface area (Å²) in [6.45, 7) is -0.00677. The van der Waals surface area contributed by atoms with E-state index in [1.54, 1.807) is 0 Å². The summed E-state index contributed by atoms with van der Waals surface area (Å²) in [7, 11) is 0. The van der Waals surface area contributed by atoms with Gasteiger partial charge in [-0.25, -0.2) is 8.78 Å². The Hall–Kier alpha value is -2.31. The Labute approximate surface area is 113 Å². The van der Waals surface area contributed by atoms with Crippen molar-refractivity contribution in [3.63, 3.8) is 0 Å². The molecule has 1 heterocycles. The van der Waals surface area contributed by atoms with Crippen molar-refractivity contribution in [3.8, 4) is 0 Å². The van der Waals surface area contributed by atoms with Crippen molar-refractivity contribution >= 4 is 23.4 Å².